The molecular formula is C26H31ClN4O. The van der Waals surface area contributed by atoms with E-state index in [4.69, 9.17) is 11.6 Å². The Hall–Kier alpha value is -2.37. The summed E-state index contributed by atoms with van der Waals surface area (Å²) in [5, 5.41) is 4.32. The number of para-hydroxylation sites is 1. The highest BCUT2D eigenvalue weighted by molar-refractivity contribution is 6.34. The van der Waals surface area contributed by atoms with Crippen LogP contribution in [0.15, 0.2) is 59.6 Å². The van der Waals surface area contributed by atoms with E-state index in [2.05, 4.69) is 45.5 Å². The molecule has 1 saturated heterocycles. The lowest BCUT2D eigenvalue weighted by atomic mass is 9.83. The van der Waals surface area contributed by atoms with E-state index >= 15 is 0 Å². The van der Waals surface area contributed by atoms with Crippen molar-refractivity contribution in [1.29, 1.82) is 0 Å². The van der Waals surface area contributed by atoms with Gasteiger partial charge < -0.3 is 5.32 Å². The van der Waals surface area contributed by atoms with Crippen molar-refractivity contribution in [2.45, 2.75) is 63.1 Å². The van der Waals surface area contributed by atoms with Gasteiger partial charge in [-0.2, -0.15) is 4.99 Å². The van der Waals surface area contributed by atoms with Gasteiger partial charge in [0.1, 0.15) is 11.4 Å². The van der Waals surface area contributed by atoms with Crippen molar-refractivity contribution in [3.63, 3.8) is 0 Å². The van der Waals surface area contributed by atoms with Crippen LogP contribution < -0.4 is 10.2 Å². The fourth-order valence-corrected chi connectivity index (χ4v) is 5.72. The number of halogens is 1. The van der Waals surface area contributed by atoms with Gasteiger partial charge in [0.05, 0.1) is 10.7 Å². The van der Waals surface area contributed by atoms with Gasteiger partial charge in [-0.15, -0.1) is 0 Å². The molecule has 2 aromatic carbocycles. The van der Waals surface area contributed by atoms with E-state index in [1.807, 2.05) is 29.2 Å². The topological polar surface area (TPSA) is 47.9 Å². The molecule has 0 atom stereocenters. The molecule has 6 heteroatoms. The molecule has 1 spiro atoms. The first-order valence-electron chi connectivity index (χ1n) is 11.9. The number of piperidine rings is 1. The van der Waals surface area contributed by atoms with Crippen molar-refractivity contribution in [3.8, 4) is 0 Å². The summed E-state index contributed by atoms with van der Waals surface area (Å²) in [6, 6.07) is 18.4. The smallest absolute Gasteiger partial charge is 0.350 e. The van der Waals surface area contributed by atoms with Gasteiger partial charge in [-0.1, -0.05) is 73.3 Å². The lowest BCUT2D eigenvalue weighted by molar-refractivity contribution is 0.181. The van der Waals surface area contributed by atoms with Crippen molar-refractivity contribution >= 4 is 29.2 Å². The third-order valence-corrected chi connectivity index (χ3v) is 7.56. The van der Waals surface area contributed by atoms with Crippen LogP contribution in [-0.4, -0.2) is 41.4 Å². The minimum absolute atomic E-state index is 0.201. The maximum absolute atomic E-state index is 13.3. The molecule has 1 saturated carbocycles. The summed E-state index contributed by atoms with van der Waals surface area (Å²) in [7, 11) is 0. The third-order valence-electron chi connectivity index (χ3n) is 7.24. The third kappa shape index (κ3) is 4.16. The SMILES string of the molecule is O=C1N=C(NC2CCCCC2)C2(CCN(Cc3ccccc3)CC2)N1c1ccccc1Cl. The number of carbonyl (C=O) groups is 1. The Bertz CT molecular complexity index is 978. The first kappa shape index (κ1) is 21.5. The van der Waals surface area contributed by atoms with Gasteiger partial charge in [0.15, 0.2) is 0 Å². The van der Waals surface area contributed by atoms with Crippen molar-refractivity contribution in [3.05, 3.63) is 65.2 Å². The van der Waals surface area contributed by atoms with Gasteiger partial charge in [-0.25, -0.2) is 4.79 Å². The number of anilines is 1. The maximum atomic E-state index is 13.3. The molecular weight excluding hydrogens is 420 g/mol. The first-order valence-corrected chi connectivity index (χ1v) is 12.2. The predicted octanol–water partition coefficient (Wildman–Crippen LogP) is 5.64. The molecule has 2 fully saturated rings. The summed E-state index contributed by atoms with van der Waals surface area (Å²) < 4.78 is 0. The minimum atomic E-state index is -0.452. The van der Waals surface area contributed by atoms with Crippen LogP contribution in [0.1, 0.15) is 50.5 Å². The molecule has 2 amide bonds. The number of hydrogen-bond donors (Lipinski definition) is 1. The van der Waals surface area contributed by atoms with Crippen LogP contribution in [-0.2, 0) is 6.54 Å². The number of benzene rings is 2. The molecule has 2 aromatic rings. The molecule has 0 bridgehead atoms. The van der Waals surface area contributed by atoms with E-state index in [0.717, 1.165) is 56.8 Å². The van der Waals surface area contributed by atoms with Crippen molar-refractivity contribution in [2.75, 3.05) is 18.0 Å². The molecule has 3 aliphatic rings. The standard InChI is InChI=1S/C26H31ClN4O/c27-22-13-7-8-14-23(22)31-25(32)29-24(28-21-11-5-2-6-12-21)26(31)15-17-30(18-16-26)19-20-9-3-1-4-10-20/h1,3-4,7-10,13-14,21H,2,5-6,11-12,15-19H2,(H,28,29,32). The summed E-state index contributed by atoms with van der Waals surface area (Å²) in [6.45, 7) is 2.75. The Kier molecular flexibility index (Phi) is 6.20. The number of aliphatic imine (C=N–C) groups is 1. The number of hydrogen-bond acceptors (Lipinski definition) is 3. The van der Waals surface area contributed by atoms with Crippen LogP contribution in [0.5, 0.6) is 0 Å². The predicted molar refractivity (Wildman–Crippen MR) is 130 cm³/mol. The number of nitrogens with zero attached hydrogens (tertiary/aromatic N) is 3. The average molecular weight is 451 g/mol. The zero-order valence-corrected chi connectivity index (χ0v) is 19.2. The number of amides is 2. The van der Waals surface area contributed by atoms with Gasteiger partial charge in [0.25, 0.3) is 0 Å². The van der Waals surface area contributed by atoms with Crippen LogP contribution in [0, 0.1) is 0 Å². The summed E-state index contributed by atoms with van der Waals surface area (Å²) in [5.41, 5.74) is 1.63. The van der Waals surface area contributed by atoms with Crippen molar-refractivity contribution in [1.82, 2.24) is 10.2 Å². The molecule has 1 aliphatic carbocycles. The minimum Gasteiger partial charge on any atom is -0.369 e. The van der Waals surface area contributed by atoms with Crippen LogP contribution >= 0.6 is 11.6 Å². The number of nitrogens with one attached hydrogen (secondary N) is 1. The molecule has 2 aliphatic heterocycles. The Labute approximate surface area is 195 Å². The van der Waals surface area contributed by atoms with Gasteiger partial charge in [0, 0.05) is 25.7 Å². The van der Waals surface area contributed by atoms with Crippen LogP contribution in [0.25, 0.3) is 0 Å². The highest BCUT2D eigenvalue weighted by atomic mass is 35.5. The normalized spacial score (nSPS) is 21.7. The number of likely N-dealkylation sites (tertiary alicyclic amines) is 1. The Morgan fingerprint density at radius 2 is 1.66 bits per heavy atom. The maximum Gasteiger partial charge on any atom is 0.350 e. The molecule has 5 nitrogen and oxygen atoms in total. The summed E-state index contributed by atoms with van der Waals surface area (Å²) in [5.74, 6) is 0.855. The summed E-state index contributed by atoms with van der Waals surface area (Å²) in [4.78, 5) is 22.2. The zero-order chi connectivity index (χ0) is 22.0. The zero-order valence-electron chi connectivity index (χ0n) is 18.5. The van der Waals surface area contributed by atoms with Crippen LogP contribution in [0.4, 0.5) is 10.5 Å². The van der Waals surface area contributed by atoms with Gasteiger partial charge in [-0.05, 0) is 43.4 Å². The fourth-order valence-electron chi connectivity index (χ4n) is 5.50. The molecule has 2 heterocycles. The number of amidine groups is 1. The summed E-state index contributed by atoms with van der Waals surface area (Å²) in [6.07, 6.45) is 7.76. The highest BCUT2D eigenvalue weighted by Gasteiger charge is 2.52. The monoisotopic (exact) mass is 450 g/mol. The van der Waals surface area contributed by atoms with Gasteiger partial charge >= 0.3 is 6.03 Å². The summed E-state index contributed by atoms with van der Waals surface area (Å²) >= 11 is 6.57. The van der Waals surface area contributed by atoms with Crippen molar-refractivity contribution < 1.29 is 4.79 Å². The van der Waals surface area contributed by atoms with E-state index in [1.165, 1.54) is 24.8 Å². The molecule has 168 valence electrons. The number of rotatable bonds is 4. The highest BCUT2D eigenvalue weighted by Crippen LogP contribution is 2.41. The van der Waals surface area contributed by atoms with E-state index in [1.54, 1.807) is 0 Å². The number of urea groups is 1. The van der Waals surface area contributed by atoms with Crippen LogP contribution in [0.3, 0.4) is 0 Å². The average Bonchev–Trinajstić information content (AvgIpc) is 3.07. The fraction of sp³-hybridized carbons (Fsp3) is 0.462. The Morgan fingerprint density at radius 3 is 2.38 bits per heavy atom. The van der Waals surface area contributed by atoms with Crippen molar-refractivity contribution in [2.24, 2.45) is 4.99 Å². The Morgan fingerprint density at radius 1 is 0.969 bits per heavy atom. The van der Waals surface area contributed by atoms with Gasteiger partial charge in [-0.3, -0.25) is 9.80 Å². The lowest BCUT2D eigenvalue weighted by Gasteiger charge is -2.46. The molecule has 1 N–H and O–H groups in total. The molecule has 0 radical (unpaired) electrons. The van der Waals surface area contributed by atoms with E-state index < -0.39 is 5.54 Å². The molecule has 5 rings (SSSR count). The second-order valence-electron chi connectivity index (χ2n) is 9.30. The largest absolute Gasteiger partial charge is 0.369 e. The quantitative estimate of drug-likeness (QED) is 0.656. The molecule has 0 unspecified atom stereocenters. The van der Waals surface area contributed by atoms with E-state index in [-0.39, 0.29) is 6.03 Å². The second-order valence-corrected chi connectivity index (χ2v) is 9.71. The Balaban J connectivity index is 1.41. The second kappa shape index (κ2) is 9.24. The molecule has 32 heavy (non-hydrogen) atoms. The van der Waals surface area contributed by atoms with E-state index in [9.17, 15) is 4.79 Å². The first-order chi connectivity index (χ1) is 15.7. The van der Waals surface area contributed by atoms with E-state index in [0.29, 0.717) is 11.1 Å². The van der Waals surface area contributed by atoms with Crippen LogP contribution in [0.2, 0.25) is 5.02 Å². The van der Waals surface area contributed by atoms with Gasteiger partial charge in [0.2, 0.25) is 0 Å². The molecule has 0 aromatic heterocycles. The number of carbonyl (C=O) groups excluding carboxylic acids is 1. The lowest BCUT2D eigenvalue weighted by Crippen LogP contribution is -2.62.